The molecule has 0 radical (unpaired) electrons. The Morgan fingerprint density at radius 1 is 1.10 bits per heavy atom. The van der Waals surface area contributed by atoms with Crippen LogP contribution in [0.15, 0.2) is 30.5 Å². The zero-order valence-corrected chi connectivity index (χ0v) is 19.6. The van der Waals surface area contributed by atoms with Crippen LogP contribution in [-0.4, -0.2) is 83.9 Å². The Hall–Kier alpha value is -2.29. The lowest BCUT2D eigenvalue weighted by atomic mass is 10.1. The Morgan fingerprint density at radius 2 is 1.77 bits per heavy atom. The number of piperazine rings is 1. The lowest BCUT2D eigenvalue weighted by Gasteiger charge is -2.34. The molecule has 1 aromatic carbocycles. The van der Waals surface area contributed by atoms with Gasteiger partial charge in [0.05, 0.1) is 13.1 Å². The van der Waals surface area contributed by atoms with Gasteiger partial charge in [-0.25, -0.2) is 4.98 Å². The summed E-state index contributed by atoms with van der Waals surface area (Å²) >= 11 is 1.53. The Labute approximate surface area is 189 Å². The molecule has 0 bridgehead atoms. The van der Waals surface area contributed by atoms with Crippen LogP contribution >= 0.6 is 11.3 Å². The first kappa shape index (κ1) is 23.4. The first-order valence-corrected chi connectivity index (χ1v) is 11.8. The highest BCUT2D eigenvalue weighted by Gasteiger charge is 2.22. The van der Waals surface area contributed by atoms with Crippen LogP contribution in [0.1, 0.15) is 29.9 Å². The van der Waals surface area contributed by atoms with E-state index in [0.29, 0.717) is 18.2 Å². The summed E-state index contributed by atoms with van der Waals surface area (Å²) in [6, 6.07) is 8.44. The van der Waals surface area contributed by atoms with Crippen LogP contribution in [0.2, 0.25) is 0 Å². The number of aromatic nitrogens is 1. The van der Waals surface area contributed by atoms with Crippen molar-refractivity contribution in [3.63, 3.8) is 0 Å². The molecule has 1 aliphatic heterocycles. The van der Waals surface area contributed by atoms with Crippen LogP contribution in [0.4, 0.5) is 5.13 Å². The smallest absolute Gasteiger partial charge is 0.240 e. The van der Waals surface area contributed by atoms with Crippen LogP contribution in [0, 0.1) is 6.92 Å². The number of hydrogen-bond acceptors (Lipinski definition) is 6. The lowest BCUT2D eigenvalue weighted by molar-refractivity contribution is -0.132. The molecule has 0 saturated carbocycles. The third-order valence-electron chi connectivity index (χ3n) is 5.57. The summed E-state index contributed by atoms with van der Waals surface area (Å²) in [6.45, 7) is 11.6. The highest BCUT2D eigenvalue weighted by Crippen LogP contribution is 2.21. The highest BCUT2D eigenvalue weighted by atomic mass is 32.1. The molecule has 1 aromatic heterocycles. The molecule has 31 heavy (non-hydrogen) atoms. The fraction of sp³-hybridized carbons (Fsp3) is 0.522. The van der Waals surface area contributed by atoms with E-state index in [0.717, 1.165) is 50.6 Å². The molecule has 3 rings (SSSR count). The number of rotatable bonds is 9. The predicted octanol–water partition coefficient (Wildman–Crippen LogP) is 2.47. The number of thiazole rings is 1. The molecule has 1 saturated heterocycles. The third kappa shape index (κ3) is 7.12. The van der Waals surface area contributed by atoms with E-state index >= 15 is 0 Å². The number of aryl methyl sites for hydroxylation is 1. The fourth-order valence-corrected chi connectivity index (χ4v) is 4.67. The van der Waals surface area contributed by atoms with E-state index in [1.807, 2.05) is 24.9 Å². The first-order chi connectivity index (χ1) is 15.0. The van der Waals surface area contributed by atoms with Gasteiger partial charge in [-0.15, -0.1) is 11.3 Å². The van der Waals surface area contributed by atoms with Crippen LogP contribution < -0.4 is 5.32 Å². The lowest BCUT2D eigenvalue weighted by Crippen LogP contribution is -2.51. The summed E-state index contributed by atoms with van der Waals surface area (Å²) in [5.41, 5.74) is 2.49. The summed E-state index contributed by atoms with van der Waals surface area (Å²) in [5, 5.41) is 3.58. The number of carbonyl (C=O) groups is 2. The molecule has 7 nitrogen and oxygen atoms in total. The van der Waals surface area contributed by atoms with E-state index in [2.05, 4.69) is 51.3 Å². The van der Waals surface area contributed by atoms with Crippen molar-refractivity contribution in [2.24, 2.45) is 0 Å². The maximum Gasteiger partial charge on any atom is 0.240 e. The number of hydrogen-bond donors (Lipinski definition) is 1. The van der Waals surface area contributed by atoms with E-state index in [9.17, 15) is 9.59 Å². The van der Waals surface area contributed by atoms with Gasteiger partial charge >= 0.3 is 0 Å². The summed E-state index contributed by atoms with van der Waals surface area (Å²) < 4.78 is 0. The predicted molar refractivity (Wildman–Crippen MR) is 126 cm³/mol. The molecule has 1 N–H and O–H groups in total. The number of benzene rings is 1. The molecule has 8 heteroatoms. The Kier molecular flexibility index (Phi) is 8.57. The van der Waals surface area contributed by atoms with Crippen LogP contribution in [0.25, 0.3) is 0 Å². The molecule has 0 spiro atoms. The van der Waals surface area contributed by atoms with Crippen molar-refractivity contribution in [3.05, 3.63) is 46.5 Å². The van der Waals surface area contributed by atoms with Crippen molar-refractivity contribution in [1.29, 1.82) is 0 Å². The molecule has 2 amide bonds. The summed E-state index contributed by atoms with van der Waals surface area (Å²) in [4.78, 5) is 36.4. The van der Waals surface area contributed by atoms with Crippen molar-refractivity contribution in [1.82, 2.24) is 19.7 Å². The van der Waals surface area contributed by atoms with Crippen LogP contribution in [0.5, 0.6) is 0 Å². The van der Waals surface area contributed by atoms with Gasteiger partial charge in [-0.2, -0.15) is 0 Å². The molecule has 2 aromatic rings. The molecule has 1 aliphatic rings. The van der Waals surface area contributed by atoms with E-state index in [-0.39, 0.29) is 11.8 Å². The number of nitrogens with one attached hydrogen (secondary N) is 1. The van der Waals surface area contributed by atoms with Crippen molar-refractivity contribution < 1.29 is 9.59 Å². The van der Waals surface area contributed by atoms with Crippen molar-refractivity contribution in [2.75, 3.05) is 57.7 Å². The third-order valence-corrected chi connectivity index (χ3v) is 6.48. The maximum absolute atomic E-state index is 12.5. The van der Waals surface area contributed by atoms with Crippen LogP contribution in [-0.2, 0) is 16.0 Å². The van der Waals surface area contributed by atoms with Gasteiger partial charge in [0.25, 0.3) is 0 Å². The topological polar surface area (TPSA) is 68.8 Å². The second-order valence-corrected chi connectivity index (χ2v) is 9.08. The first-order valence-electron chi connectivity index (χ1n) is 11.0. The zero-order valence-electron chi connectivity index (χ0n) is 18.8. The van der Waals surface area contributed by atoms with Crippen molar-refractivity contribution in [2.45, 2.75) is 27.2 Å². The second-order valence-electron chi connectivity index (χ2n) is 7.96. The van der Waals surface area contributed by atoms with Crippen molar-refractivity contribution in [3.8, 4) is 0 Å². The molecule has 0 unspecified atom stereocenters. The number of carbonyl (C=O) groups excluding carboxylic acids is 2. The van der Waals surface area contributed by atoms with E-state index in [1.165, 1.54) is 22.5 Å². The van der Waals surface area contributed by atoms with Gasteiger partial charge in [0, 0.05) is 56.8 Å². The van der Waals surface area contributed by atoms with E-state index < -0.39 is 0 Å². The molecule has 1 fully saturated rings. The monoisotopic (exact) mass is 443 g/mol. The van der Waals surface area contributed by atoms with E-state index in [1.54, 1.807) is 0 Å². The van der Waals surface area contributed by atoms with Gasteiger partial charge in [0.15, 0.2) is 5.13 Å². The quantitative estimate of drug-likeness (QED) is 0.645. The van der Waals surface area contributed by atoms with Gasteiger partial charge in [-0.05, 0) is 26.3 Å². The largest absolute Gasteiger partial charge is 0.342 e. The summed E-state index contributed by atoms with van der Waals surface area (Å²) in [6.07, 6.45) is 2.66. The molecular formula is C23H33N5O2S. The molecule has 0 atom stereocenters. The Morgan fingerprint density at radius 3 is 2.42 bits per heavy atom. The normalized spacial score (nSPS) is 15.1. The average molecular weight is 444 g/mol. The average Bonchev–Trinajstić information content (AvgIpc) is 3.17. The minimum absolute atomic E-state index is 0.0378. The maximum atomic E-state index is 12.5. The van der Waals surface area contributed by atoms with Gasteiger partial charge < -0.3 is 10.2 Å². The molecular weight excluding hydrogens is 410 g/mol. The fourth-order valence-electron chi connectivity index (χ4n) is 3.81. The highest BCUT2D eigenvalue weighted by molar-refractivity contribution is 7.15. The molecule has 168 valence electrons. The van der Waals surface area contributed by atoms with Gasteiger partial charge in [0.1, 0.15) is 0 Å². The van der Waals surface area contributed by atoms with Gasteiger partial charge in [-0.1, -0.05) is 29.8 Å². The standard InChI is InChI=1S/C23H33N5O2S/c1-4-28(5-2)22(30)17-27-11-9-26(10-12-27)16-21(29)25-23-24-15-20(31-23)14-19-8-6-7-18(3)13-19/h6-8,13,15H,4-5,9-12,14,16-17H2,1-3H3,(H,24,25,29). The number of amides is 2. The zero-order chi connectivity index (χ0) is 22.2. The van der Waals surface area contributed by atoms with Crippen molar-refractivity contribution >= 4 is 28.3 Å². The minimum atomic E-state index is -0.0378. The number of nitrogens with zero attached hydrogens (tertiary/aromatic N) is 4. The second kappa shape index (κ2) is 11.4. The number of anilines is 1. The van der Waals surface area contributed by atoms with E-state index in [4.69, 9.17) is 0 Å². The Balaban J connectivity index is 1.41. The number of likely N-dealkylation sites (N-methyl/N-ethyl adjacent to an activating group) is 1. The van der Waals surface area contributed by atoms with Gasteiger partial charge in [0.2, 0.25) is 11.8 Å². The van der Waals surface area contributed by atoms with Crippen LogP contribution in [0.3, 0.4) is 0 Å². The summed E-state index contributed by atoms with van der Waals surface area (Å²) in [7, 11) is 0. The van der Waals surface area contributed by atoms with Gasteiger partial charge in [-0.3, -0.25) is 19.4 Å². The summed E-state index contributed by atoms with van der Waals surface area (Å²) in [5.74, 6) is 0.144. The Bertz CT molecular complexity index is 872. The molecule has 0 aliphatic carbocycles. The molecule has 2 heterocycles. The SMILES string of the molecule is CCN(CC)C(=O)CN1CCN(CC(=O)Nc2ncc(Cc3cccc(C)c3)s2)CC1. The minimum Gasteiger partial charge on any atom is -0.342 e.